The van der Waals surface area contributed by atoms with Crippen LogP contribution < -0.4 is 15.2 Å². The van der Waals surface area contributed by atoms with Crippen molar-refractivity contribution in [1.82, 2.24) is 10.2 Å². The van der Waals surface area contributed by atoms with Crippen molar-refractivity contribution in [3.63, 3.8) is 0 Å². The number of nitrogens with two attached hydrogens (primary N) is 1. The van der Waals surface area contributed by atoms with Crippen LogP contribution in [-0.2, 0) is 0 Å². The molecule has 0 spiro atoms. The third kappa shape index (κ3) is 3.20. The smallest absolute Gasteiger partial charge is 0.269 e. The second-order valence-electron chi connectivity index (χ2n) is 6.55. The molecule has 0 radical (unpaired) electrons. The Kier molecular flexibility index (Phi) is 4.82. The van der Waals surface area contributed by atoms with E-state index in [0.29, 0.717) is 23.4 Å². The van der Waals surface area contributed by atoms with Crippen molar-refractivity contribution < 1.29 is 14.4 Å². The Morgan fingerprint density at radius 3 is 2.57 bits per heavy atom. The third-order valence-corrected chi connectivity index (χ3v) is 4.83. The molecule has 9 nitrogen and oxygen atoms in total. The second kappa shape index (κ2) is 7.60. The molecule has 2 heterocycles. The zero-order valence-corrected chi connectivity index (χ0v) is 16.0. The number of fused-ring (bicyclic) bond motifs is 1. The largest absolute Gasteiger partial charge is 0.494 e. The van der Waals surface area contributed by atoms with E-state index >= 15 is 0 Å². The minimum atomic E-state index is -0.583. The summed E-state index contributed by atoms with van der Waals surface area (Å²) in [6, 6.07) is 15.5. The second-order valence-corrected chi connectivity index (χ2v) is 6.55. The molecular formula is C21H17N5O4. The summed E-state index contributed by atoms with van der Waals surface area (Å²) in [6.45, 7) is 2.47. The van der Waals surface area contributed by atoms with Crippen LogP contribution in [0.25, 0.3) is 11.3 Å². The molecule has 1 unspecified atom stereocenters. The van der Waals surface area contributed by atoms with Crippen LogP contribution in [0.4, 0.5) is 5.69 Å². The average Bonchev–Trinajstić information content (AvgIpc) is 3.17. The van der Waals surface area contributed by atoms with Gasteiger partial charge in [-0.1, -0.05) is 12.1 Å². The number of rotatable bonds is 5. The van der Waals surface area contributed by atoms with Crippen molar-refractivity contribution in [3.05, 3.63) is 81.2 Å². The average molecular weight is 403 g/mol. The zero-order valence-electron chi connectivity index (χ0n) is 16.0. The van der Waals surface area contributed by atoms with Crippen molar-refractivity contribution in [2.75, 3.05) is 6.61 Å². The van der Waals surface area contributed by atoms with Crippen molar-refractivity contribution in [2.45, 2.75) is 12.8 Å². The van der Waals surface area contributed by atoms with E-state index in [-0.39, 0.29) is 23.0 Å². The highest BCUT2D eigenvalue weighted by Gasteiger charge is 2.35. The lowest BCUT2D eigenvalue weighted by atomic mass is 9.83. The fourth-order valence-corrected chi connectivity index (χ4v) is 3.47. The van der Waals surface area contributed by atoms with Crippen LogP contribution >= 0.6 is 0 Å². The predicted molar refractivity (Wildman–Crippen MR) is 108 cm³/mol. The number of hydrogen-bond donors (Lipinski definition) is 2. The highest BCUT2D eigenvalue weighted by Crippen LogP contribution is 2.45. The van der Waals surface area contributed by atoms with E-state index in [9.17, 15) is 15.4 Å². The first-order chi connectivity index (χ1) is 14.5. The number of nitrogens with one attached hydrogen (secondary N) is 1. The first-order valence-electron chi connectivity index (χ1n) is 9.17. The molecule has 0 saturated carbocycles. The summed E-state index contributed by atoms with van der Waals surface area (Å²) in [7, 11) is 0. The molecule has 0 fully saturated rings. The van der Waals surface area contributed by atoms with Gasteiger partial charge in [-0.2, -0.15) is 5.26 Å². The third-order valence-electron chi connectivity index (χ3n) is 4.83. The Bertz CT molecular complexity index is 1170. The number of allylic oxidation sites excluding steroid dienone is 1. The molecule has 1 aliphatic heterocycles. The molecule has 2 aromatic carbocycles. The van der Waals surface area contributed by atoms with Gasteiger partial charge in [-0.15, -0.1) is 5.10 Å². The van der Waals surface area contributed by atoms with Crippen LogP contribution in [0, 0.1) is 21.4 Å². The minimum Gasteiger partial charge on any atom is -0.494 e. The number of benzene rings is 2. The van der Waals surface area contributed by atoms with Crippen molar-refractivity contribution >= 4 is 5.69 Å². The molecule has 3 aromatic rings. The van der Waals surface area contributed by atoms with Gasteiger partial charge >= 0.3 is 0 Å². The Morgan fingerprint density at radius 2 is 1.97 bits per heavy atom. The monoisotopic (exact) mass is 403 g/mol. The van der Waals surface area contributed by atoms with Gasteiger partial charge in [0.15, 0.2) is 0 Å². The molecule has 9 heteroatoms. The normalized spacial score (nSPS) is 15.1. The van der Waals surface area contributed by atoms with Crippen LogP contribution in [0.5, 0.6) is 11.6 Å². The number of aromatic nitrogens is 2. The van der Waals surface area contributed by atoms with Crippen LogP contribution in [0.1, 0.15) is 24.0 Å². The van der Waals surface area contributed by atoms with Gasteiger partial charge in [0, 0.05) is 17.7 Å². The van der Waals surface area contributed by atoms with Crippen molar-refractivity contribution in [2.24, 2.45) is 5.73 Å². The Balaban J connectivity index is 1.84. The van der Waals surface area contributed by atoms with E-state index in [2.05, 4.69) is 16.3 Å². The van der Waals surface area contributed by atoms with Gasteiger partial charge in [0.05, 0.1) is 28.7 Å². The van der Waals surface area contributed by atoms with Gasteiger partial charge in [0.1, 0.15) is 17.4 Å². The fraction of sp³-hybridized carbons (Fsp3) is 0.143. The summed E-state index contributed by atoms with van der Waals surface area (Å²) in [4.78, 5) is 10.5. The molecule has 1 aromatic heterocycles. The first kappa shape index (κ1) is 19.0. The van der Waals surface area contributed by atoms with Gasteiger partial charge in [0.25, 0.3) is 5.69 Å². The highest BCUT2D eigenvalue weighted by molar-refractivity contribution is 5.71. The minimum absolute atomic E-state index is 0.0413. The molecule has 3 N–H and O–H groups in total. The van der Waals surface area contributed by atoms with E-state index in [4.69, 9.17) is 15.2 Å². The maximum atomic E-state index is 11.0. The fourth-order valence-electron chi connectivity index (χ4n) is 3.47. The first-order valence-corrected chi connectivity index (χ1v) is 9.17. The molecule has 30 heavy (non-hydrogen) atoms. The van der Waals surface area contributed by atoms with E-state index in [0.717, 1.165) is 11.3 Å². The van der Waals surface area contributed by atoms with Crippen LogP contribution in [0.2, 0.25) is 0 Å². The lowest BCUT2D eigenvalue weighted by Gasteiger charge is -2.24. The van der Waals surface area contributed by atoms with Crippen molar-refractivity contribution in [3.8, 4) is 29.0 Å². The maximum Gasteiger partial charge on any atom is 0.269 e. The lowest BCUT2D eigenvalue weighted by Crippen LogP contribution is -2.21. The Morgan fingerprint density at radius 1 is 1.27 bits per heavy atom. The molecule has 4 rings (SSSR count). The standard InChI is InChI=1S/C21H17N5O4/c1-2-29-15-9-5-13(6-10-15)19-18-17(12-3-7-14(8-4-12)26(27)28)16(11-22)20(23)30-21(18)25-24-19/h3-10,17H,2,23H2,1H3,(H,24,25). The number of nitro groups is 1. The number of nitro benzene ring substituents is 1. The topological polar surface area (TPSA) is 140 Å². The number of nitrogens with zero attached hydrogens (tertiary/aromatic N) is 3. The van der Waals surface area contributed by atoms with Crippen LogP contribution in [0.15, 0.2) is 60.0 Å². The van der Waals surface area contributed by atoms with Gasteiger partial charge in [-0.25, -0.2) is 0 Å². The summed E-state index contributed by atoms with van der Waals surface area (Å²) < 4.78 is 11.1. The summed E-state index contributed by atoms with van der Waals surface area (Å²) in [5, 5.41) is 27.9. The number of nitriles is 1. The number of H-pyrrole nitrogens is 1. The van der Waals surface area contributed by atoms with Crippen molar-refractivity contribution in [1.29, 1.82) is 5.26 Å². The lowest BCUT2D eigenvalue weighted by molar-refractivity contribution is -0.384. The number of hydrogen-bond acceptors (Lipinski definition) is 7. The van der Waals surface area contributed by atoms with Crippen LogP contribution in [-0.4, -0.2) is 21.7 Å². The van der Waals surface area contributed by atoms with Gasteiger partial charge in [-0.3, -0.25) is 15.2 Å². The van der Waals surface area contributed by atoms with Gasteiger partial charge in [0.2, 0.25) is 11.8 Å². The summed E-state index contributed by atoms with van der Waals surface area (Å²) >= 11 is 0. The maximum absolute atomic E-state index is 11.0. The highest BCUT2D eigenvalue weighted by atomic mass is 16.6. The van der Waals surface area contributed by atoms with E-state index in [1.54, 1.807) is 12.1 Å². The number of ether oxygens (including phenoxy) is 2. The predicted octanol–water partition coefficient (Wildman–Crippen LogP) is 3.60. The zero-order chi connectivity index (χ0) is 21.3. The molecule has 0 aliphatic carbocycles. The van der Waals surface area contributed by atoms with Gasteiger partial charge < -0.3 is 15.2 Å². The summed E-state index contributed by atoms with van der Waals surface area (Å²) in [5.74, 6) is 0.372. The number of aromatic amines is 1. The Labute approximate surface area is 171 Å². The number of non-ortho nitro benzene ring substituents is 1. The molecule has 0 bridgehead atoms. The molecule has 1 aliphatic rings. The Hall–Kier alpha value is -4.32. The quantitative estimate of drug-likeness (QED) is 0.490. The van der Waals surface area contributed by atoms with E-state index in [1.165, 1.54) is 12.1 Å². The SMILES string of the molecule is CCOc1ccc(-c2[nH]nc3c2C(c2ccc([N+](=O)[O-])cc2)C(C#N)=C(N)O3)cc1. The molecule has 0 saturated heterocycles. The van der Waals surface area contributed by atoms with Gasteiger partial charge in [-0.05, 0) is 36.8 Å². The molecular weight excluding hydrogens is 386 g/mol. The molecule has 150 valence electrons. The van der Waals surface area contributed by atoms with E-state index < -0.39 is 10.8 Å². The molecule has 0 amide bonds. The summed E-state index contributed by atoms with van der Waals surface area (Å²) in [5.41, 5.74) is 8.93. The van der Waals surface area contributed by atoms with Crippen LogP contribution in [0.3, 0.4) is 0 Å². The molecule has 1 atom stereocenters. The summed E-state index contributed by atoms with van der Waals surface area (Å²) in [6.07, 6.45) is 0. The van der Waals surface area contributed by atoms with E-state index in [1.807, 2.05) is 31.2 Å².